The number of hydrogen-bond acceptors (Lipinski definition) is 4. The zero-order chi connectivity index (χ0) is 36.7. The van der Waals surface area contributed by atoms with Crippen LogP contribution < -0.4 is 9.80 Å². The Balaban J connectivity index is 1.06. The Labute approximate surface area is 326 Å². The molecule has 0 unspecified atom stereocenters. The van der Waals surface area contributed by atoms with E-state index in [0.717, 1.165) is 0 Å². The Bertz CT molecular complexity index is 2490. The van der Waals surface area contributed by atoms with E-state index in [0.29, 0.717) is 0 Å². The van der Waals surface area contributed by atoms with Gasteiger partial charge in [0.1, 0.15) is 0 Å². The van der Waals surface area contributed by atoms with Crippen molar-refractivity contribution in [2.45, 2.75) is 72.0 Å². The van der Waals surface area contributed by atoms with Crippen molar-refractivity contribution in [1.29, 1.82) is 0 Å². The Morgan fingerprint density at radius 3 is 1.04 bits per heavy atom. The van der Waals surface area contributed by atoms with Gasteiger partial charge in [0.2, 0.25) is 0 Å². The highest BCUT2D eigenvalue weighted by Gasteiger charge is 2.44. The number of benzene rings is 7. The number of para-hydroxylation sites is 4. The lowest BCUT2D eigenvalue weighted by molar-refractivity contribution is 0.652. The van der Waals surface area contributed by atoms with Gasteiger partial charge in [0.15, 0.2) is 0 Å². The van der Waals surface area contributed by atoms with E-state index >= 15 is 0 Å². The van der Waals surface area contributed by atoms with Crippen LogP contribution in [0.3, 0.4) is 0 Å². The van der Waals surface area contributed by atoms with Gasteiger partial charge in [-0.3, -0.25) is 0 Å². The molecule has 0 bridgehead atoms. The van der Waals surface area contributed by atoms with Gasteiger partial charge >= 0.3 is 0 Å². The molecule has 0 aromatic heterocycles. The summed E-state index contributed by atoms with van der Waals surface area (Å²) in [6.07, 6.45) is 0. The van der Waals surface area contributed by atoms with Crippen LogP contribution in [0.5, 0.6) is 0 Å². The second kappa shape index (κ2) is 11.2. The summed E-state index contributed by atoms with van der Waals surface area (Å²) >= 11 is 3.73. The predicted octanol–water partition coefficient (Wildman–Crippen LogP) is 14.8. The monoisotopic (exact) mass is 732 g/mol. The molecule has 2 aliphatic carbocycles. The molecule has 7 aromatic rings. The molecule has 4 aliphatic rings. The molecule has 0 N–H and O–H groups in total. The van der Waals surface area contributed by atoms with Crippen LogP contribution in [0, 0.1) is 13.8 Å². The van der Waals surface area contributed by atoms with E-state index in [-0.39, 0.29) is 10.8 Å². The van der Waals surface area contributed by atoms with E-state index in [9.17, 15) is 0 Å². The van der Waals surface area contributed by atoms with Crippen molar-refractivity contribution in [2.75, 3.05) is 9.80 Å². The number of fused-ring (bicyclic) bond motifs is 10. The third kappa shape index (κ3) is 4.33. The first kappa shape index (κ1) is 32.3. The largest absolute Gasteiger partial charge is 0.308 e. The van der Waals surface area contributed by atoms with Crippen LogP contribution in [0.4, 0.5) is 34.1 Å². The molecule has 0 radical (unpaired) electrons. The lowest BCUT2D eigenvalue weighted by Crippen LogP contribution is -2.19. The van der Waals surface area contributed by atoms with Crippen molar-refractivity contribution in [3.63, 3.8) is 0 Å². The molecule has 0 amide bonds. The molecule has 2 heterocycles. The molecular formula is C50H40N2S2. The van der Waals surface area contributed by atoms with Crippen LogP contribution in [-0.4, -0.2) is 0 Å². The maximum absolute atomic E-state index is 2.56. The SMILES string of the molecule is Cc1cc(N2c3ccccc3Sc3ccccc32)cc2c1-c1cc3c(cc1C2(C)C)-c1c(C)cc(N2c4ccccc4Sc4ccccc42)cc1C3(C)C. The Morgan fingerprint density at radius 2 is 0.704 bits per heavy atom. The molecule has 2 nitrogen and oxygen atoms in total. The van der Waals surface area contributed by atoms with Crippen molar-refractivity contribution >= 4 is 57.6 Å². The van der Waals surface area contributed by atoms with Gasteiger partial charge in [0, 0.05) is 41.8 Å². The average molecular weight is 733 g/mol. The first-order valence-electron chi connectivity index (χ1n) is 18.9. The lowest BCUT2D eigenvalue weighted by Gasteiger charge is -2.34. The standard InChI is InChI=1S/C50H40N2S2/c1-29-23-31(51-39-15-7-11-19-43(39)53-44-20-12-8-16-40(44)51)25-37-47(29)33-27-36-34(28-35(33)49(37,3)4)48-30(2)24-32(26-38(48)50(36,5)6)52-41-17-9-13-21-45(41)54-46-22-14-10-18-42(46)52/h7-28H,1-6H3. The number of nitrogens with zero attached hydrogens (tertiary/aromatic N) is 2. The summed E-state index contributed by atoms with van der Waals surface area (Å²) in [6.45, 7) is 14.4. The fourth-order valence-electron chi connectivity index (χ4n) is 9.80. The fraction of sp³-hybridized carbons (Fsp3) is 0.160. The Morgan fingerprint density at radius 1 is 0.389 bits per heavy atom. The molecule has 7 aromatic carbocycles. The summed E-state index contributed by atoms with van der Waals surface area (Å²) in [5.74, 6) is 0. The van der Waals surface area contributed by atoms with Gasteiger partial charge in [-0.1, -0.05) is 99.7 Å². The summed E-state index contributed by atoms with van der Waals surface area (Å²) < 4.78 is 0. The molecule has 0 saturated carbocycles. The van der Waals surface area contributed by atoms with E-state index in [4.69, 9.17) is 0 Å². The van der Waals surface area contributed by atoms with Crippen LogP contribution in [0.25, 0.3) is 22.3 Å². The number of anilines is 6. The van der Waals surface area contributed by atoms with Crippen LogP contribution >= 0.6 is 23.5 Å². The second-order valence-corrected chi connectivity index (χ2v) is 18.5. The van der Waals surface area contributed by atoms with Crippen molar-refractivity contribution < 1.29 is 0 Å². The van der Waals surface area contributed by atoms with E-state index < -0.39 is 0 Å². The van der Waals surface area contributed by atoms with E-state index in [1.807, 2.05) is 23.5 Å². The minimum atomic E-state index is -0.163. The molecule has 11 rings (SSSR count). The summed E-state index contributed by atoms with van der Waals surface area (Å²) in [7, 11) is 0. The summed E-state index contributed by atoms with van der Waals surface area (Å²) in [6, 6.07) is 50.2. The first-order valence-corrected chi connectivity index (χ1v) is 20.6. The van der Waals surface area contributed by atoms with Gasteiger partial charge in [-0.15, -0.1) is 0 Å². The van der Waals surface area contributed by atoms with Crippen LogP contribution in [0.15, 0.2) is 153 Å². The van der Waals surface area contributed by atoms with Crippen molar-refractivity contribution in [3.05, 3.63) is 167 Å². The number of hydrogen-bond donors (Lipinski definition) is 0. The van der Waals surface area contributed by atoms with Crippen molar-refractivity contribution in [2.24, 2.45) is 0 Å². The molecule has 0 spiro atoms. The summed E-state index contributed by atoms with van der Waals surface area (Å²) in [5.41, 5.74) is 21.0. The van der Waals surface area contributed by atoms with Crippen LogP contribution in [-0.2, 0) is 10.8 Å². The predicted molar refractivity (Wildman–Crippen MR) is 229 cm³/mol. The van der Waals surface area contributed by atoms with E-state index in [2.05, 4.69) is 185 Å². The Hall–Kier alpha value is -5.16. The highest BCUT2D eigenvalue weighted by atomic mass is 32.2. The van der Waals surface area contributed by atoms with Gasteiger partial charge in [-0.2, -0.15) is 0 Å². The number of rotatable bonds is 2. The number of aryl methyl sites for hydroxylation is 2. The molecule has 0 atom stereocenters. The lowest BCUT2D eigenvalue weighted by atomic mass is 9.79. The normalized spacial score (nSPS) is 16.0. The molecule has 0 saturated heterocycles. The summed E-state index contributed by atoms with van der Waals surface area (Å²) in [4.78, 5) is 10.1. The highest BCUT2D eigenvalue weighted by Crippen LogP contribution is 2.60. The third-order valence-corrected chi connectivity index (χ3v) is 14.7. The second-order valence-electron chi connectivity index (χ2n) is 16.3. The van der Waals surface area contributed by atoms with Gasteiger partial charge in [-0.05, 0) is 154 Å². The van der Waals surface area contributed by atoms with Crippen LogP contribution in [0.2, 0.25) is 0 Å². The maximum atomic E-state index is 2.56. The minimum Gasteiger partial charge on any atom is -0.308 e. The van der Waals surface area contributed by atoms with Gasteiger partial charge in [-0.25, -0.2) is 0 Å². The van der Waals surface area contributed by atoms with Gasteiger partial charge in [0.25, 0.3) is 0 Å². The van der Waals surface area contributed by atoms with Crippen molar-refractivity contribution in [1.82, 2.24) is 0 Å². The molecule has 0 fully saturated rings. The molecule has 4 heteroatoms. The topological polar surface area (TPSA) is 6.48 Å². The molecular weight excluding hydrogens is 693 g/mol. The van der Waals surface area contributed by atoms with E-state index in [1.54, 1.807) is 0 Å². The smallest absolute Gasteiger partial charge is 0.0601 e. The third-order valence-electron chi connectivity index (χ3n) is 12.4. The average Bonchev–Trinajstić information content (AvgIpc) is 3.54. The van der Waals surface area contributed by atoms with E-state index in [1.165, 1.54) is 109 Å². The summed E-state index contributed by atoms with van der Waals surface area (Å²) in [5, 5.41) is 0. The zero-order valence-corrected chi connectivity index (χ0v) is 33.0. The van der Waals surface area contributed by atoms with Gasteiger partial charge in [0.05, 0.1) is 22.7 Å². The minimum absolute atomic E-state index is 0.163. The first-order chi connectivity index (χ1) is 26.1. The van der Waals surface area contributed by atoms with Gasteiger partial charge < -0.3 is 9.80 Å². The van der Waals surface area contributed by atoms with Crippen molar-refractivity contribution in [3.8, 4) is 22.3 Å². The quantitative estimate of drug-likeness (QED) is 0.174. The zero-order valence-electron chi connectivity index (χ0n) is 31.4. The molecule has 2 aliphatic heterocycles. The van der Waals surface area contributed by atoms with Crippen LogP contribution in [0.1, 0.15) is 61.1 Å². The fourth-order valence-corrected chi connectivity index (χ4v) is 11.9. The highest BCUT2D eigenvalue weighted by molar-refractivity contribution is 8.00. The Kier molecular flexibility index (Phi) is 6.69. The molecule has 54 heavy (non-hydrogen) atoms. The maximum Gasteiger partial charge on any atom is 0.0601 e. The molecule has 262 valence electrons.